The summed E-state index contributed by atoms with van der Waals surface area (Å²) in [7, 11) is 2.19. The van der Waals surface area contributed by atoms with Crippen LogP contribution in [0, 0.1) is 41.5 Å². The molecule has 0 fully saturated rings. The minimum Gasteiger partial charge on any atom is -0.194 e. The monoisotopic (exact) mass is 442 g/mol. The quantitative estimate of drug-likeness (QED) is 0.206. The molecule has 34 heavy (non-hydrogen) atoms. The zero-order valence-corrected chi connectivity index (χ0v) is 21.5. The molecule has 0 saturated heterocycles. The molecular weight excluding hydrogens is 409 g/mol. The Morgan fingerprint density at radius 2 is 0.853 bits per heavy atom. The van der Waals surface area contributed by atoms with E-state index in [1.807, 2.05) is 0 Å². The maximum Gasteiger partial charge on any atom is 0.244 e. The van der Waals surface area contributed by atoms with Crippen molar-refractivity contribution in [1.29, 1.82) is 0 Å². The van der Waals surface area contributed by atoms with Gasteiger partial charge in [0.15, 0.2) is 0 Å². The van der Waals surface area contributed by atoms with E-state index in [1.165, 1.54) is 71.6 Å². The smallest absolute Gasteiger partial charge is 0.194 e. The van der Waals surface area contributed by atoms with E-state index in [4.69, 9.17) is 0 Å². The minimum atomic E-state index is 0.150. The largest absolute Gasteiger partial charge is 0.244 e. The summed E-state index contributed by atoms with van der Waals surface area (Å²) in [4.78, 5) is 0. The number of hydrogen-bond donors (Lipinski definition) is 0. The van der Waals surface area contributed by atoms with Crippen molar-refractivity contribution in [3.8, 4) is 0 Å². The standard InChI is InChI=1S/C32H33BN/c1-20-16-22(3)30(23(4)17-20)33(31-24(5)18-21(2)19-25(31)6)32-26-12-8-10-14-28(26)34(7)29-15-11-9-13-27(29)32/h8-19H,1-7H3/q+1. The SMILES string of the molecule is Cc1cc(C)c(B(c2c(C)cc(C)cc2C)c2c3ccccc3[n+](C)c3ccccc23)c(C)c1. The van der Waals surface area contributed by atoms with Crippen LogP contribution in [-0.4, -0.2) is 6.71 Å². The second-order valence-electron chi connectivity index (χ2n) is 10.1. The molecule has 5 aromatic rings. The Labute approximate surface area is 204 Å². The average Bonchev–Trinajstić information content (AvgIpc) is 2.78. The Morgan fingerprint density at radius 1 is 0.500 bits per heavy atom. The molecule has 0 aliphatic carbocycles. The molecule has 1 heterocycles. The first-order valence-corrected chi connectivity index (χ1v) is 12.2. The molecule has 0 N–H and O–H groups in total. The van der Waals surface area contributed by atoms with E-state index in [-0.39, 0.29) is 6.71 Å². The molecule has 2 heteroatoms. The summed E-state index contributed by atoms with van der Waals surface area (Å²) < 4.78 is 2.34. The number of para-hydroxylation sites is 2. The van der Waals surface area contributed by atoms with Gasteiger partial charge in [-0.2, -0.15) is 4.57 Å². The fourth-order valence-electron chi connectivity index (χ4n) is 6.30. The molecule has 1 aromatic heterocycles. The third kappa shape index (κ3) is 3.53. The van der Waals surface area contributed by atoms with Gasteiger partial charge in [-0.25, -0.2) is 0 Å². The highest BCUT2D eigenvalue weighted by Gasteiger charge is 2.33. The summed E-state index contributed by atoms with van der Waals surface area (Å²) >= 11 is 0. The normalized spacial score (nSPS) is 11.4. The van der Waals surface area contributed by atoms with Crippen LogP contribution in [-0.2, 0) is 7.05 Å². The number of benzene rings is 4. The van der Waals surface area contributed by atoms with Crippen LogP contribution in [0.3, 0.4) is 0 Å². The molecule has 0 bridgehead atoms. The van der Waals surface area contributed by atoms with Gasteiger partial charge in [0.2, 0.25) is 17.7 Å². The van der Waals surface area contributed by atoms with Crippen LogP contribution in [0.1, 0.15) is 33.4 Å². The van der Waals surface area contributed by atoms with Gasteiger partial charge in [-0.3, -0.25) is 0 Å². The average molecular weight is 442 g/mol. The Balaban J connectivity index is 2.03. The van der Waals surface area contributed by atoms with Gasteiger partial charge in [-0.15, -0.1) is 0 Å². The Bertz CT molecular complexity index is 1420. The molecule has 0 atom stereocenters. The molecule has 0 aliphatic heterocycles. The van der Waals surface area contributed by atoms with Crippen molar-refractivity contribution >= 4 is 44.9 Å². The van der Waals surface area contributed by atoms with E-state index in [0.717, 1.165) is 0 Å². The minimum absolute atomic E-state index is 0.150. The number of aryl methyl sites for hydroxylation is 7. The van der Waals surface area contributed by atoms with Crippen LogP contribution < -0.4 is 21.0 Å². The van der Waals surface area contributed by atoms with E-state index in [0.29, 0.717) is 0 Å². The summed E-state index contributed by atoms with van der Waals surface area (Å²) in [6.07, 6.45) is 0. The van der Waals surface area contributed by atoms with Crippen molar-refractivity contribution in [3.63, 3.8) is 0 Å². The molecule has 0 aliphatic rings. The van der Waals surface area contributed by atoms with Crippen LogP contribution in [0.25, 0.3) is 21.8 Å². The van der Waals surface area contributed by atoms with E-state index < -0.39 is 0 Å². The number of fused-ring (bicyclic) bond motifs is 2. The van der Waals surface area contributed by atoms with Crippen molar-refractivity contribution in [2.45, 2.75) is 41.5 Å². The van der Waals surface area contributed by atoms with E-state index in [1.54, 1.807) is 0 Å². The van der Waals surface area contributed by atoms with E-state index in [2.05, 4.69) is 126 Å². The van der Waals surface area contributed by atoms with Gasteiger partial charge in [0, 0.05) is 22.9 Å². The third-order valence-electron chi connectivity index (χ3n) is 7.45. The molecule has 0 amide bonds. The van der Waals surface area contributed by atoms with E-state index >= 15 is 0 Å². The molecule has 0 unspecified atom stereocenters. The first kappa shape index (κ1) is 22.4. The summed E-state index contributed by atoms with van der Waals surface area (Å²) in [5.74, 6) is 0. The number of hydrogen-bond acceptors (Lipinski definition) is 0. The van der Waals surface area contributed by atoms with Gasteiger partial charge in [0.05, 0.1) is 0 Å². The highest BCUT2D eigenvalue weighted by Crippen LogP contribution is 2.20. The Morgan fingerprint density at radius 3 is 1.24 bits per heavy atom. The lowest BCUT2D eigenvalue weighted by atomic mass is 9.33. The maximum absolute atomic E-state index is 2.35. The molecule has 0 radical (unpaired) electrons. The van der Waals surface area contributed by atoms with Crippen LogP contribution in [0.2, 0.25) is 0 Å². The summed E-state index contributed by atoms with van der Waals surface area (Å²) in [6, 6.07) is 27.2. The molecule has 4 aromatic carbocycles. The third-order valence-corrected chi connectivity index (χ3v) is 7.45. The second kappa shape index (κ2) is 8.44. The molecule has 1 nitrogen and oxygen atoms in total. The fraction of sp³-hybridized carbons (Fsp3) is 0.219. The molecular formula is C32H33BN+. The fourth-order valence-corrected chi connectivity index (χ4v) is 6.30. The van der Waals surface area contributed by atoms with Crippen LogP contribution in [0.15, 0.2) is 72.8 Å². The van der Waals surface area contributed by atoms with Crippen molar-refractivity contribution < 1.29 is 4.57 Å². The number of rotatable bonds is 3. The van der Waals surface area contributed by atoms with Gasteiger partial charge in [-0.05, 0) is 59.1 Å². The molecule has 0 spiro atoms. The number of nitrogens with zero attached hydrogens (tertiary/aromatic N) is 1. The summed E-state index contributed by atoms with van der Waals surface area (Å²) in [6.45, 7) is 13.7. The first-order chi connectivity index (χ1) is 16.3. The van der Waals surface area contributed by atoms with Crippen molar-refractivity contribution in [2.24, 2.45) is 7.05 Å². The zero-order valence-electron chi connectivity index (χ0n) is 21.5. The first-order valence-electron chi connectivity index (χ1n) is 12.2. The zero-order chi connectivity index (χ0) is 24.1. The topological polar surface area (TPSA) is 3.88 Å². The summed E-state index contributed by atoms with van der Waals surface area (Å²) in [5.41, 5.74) is 14.9. The second-order valence-corrected chi connectivity index (χ2v) is 10.1. The highest BCUT2D eigenvalue weighted by atomic mass is 14.9. The van der Waals surface area contributed by atoms with Gasteiger partial charge >= 0.3 is 0 Å². The van der Waals surface area contributed by atoms with Crippen molar-refractivity contribution in [3.05, 3.63) is 106 Å². The van der Waals surface area contributed by atoms with Crippen LogP contribution in [0.4, 0.5) is 0 Å². The van der Waals surface area contributed by atoms with Crippen molar-refractivity contribution in [2.75, 3.05) is 0 Å². The number of pyridine rings is 1. The van der Waals surface area contributed by atoms with Gasteiger partial charge < -0.3 is 0 Å². The maximum atomic E-state index is 2.35. The molecule has 168 valence electrons. The summed E-state index contributed by atoms with van der Waals surface area (Å²) in [5, 5.41) is 2.65. The predicted molar refractivity (Wildman–Crippen MR) is 149 cm³/mol. The Hall–Kier alpha value is -3.39. The van der Waals surface area contributed by atoms with Gasteiger partial charge in [0.25, 0.3) is 0 Å². The van der Waals surface area contributed by atoms with Crippen molar-refractivity contribution in [1.82, 2.24) is 0 Å². The van der Waals surface area contributed by atoms with Gasteiger partial charge in [0.1, 0.15) is 7.05 Å². The Kier molecular flexibility index (Phi) is 5.56. The highest BCUT2D eigenvalue weighted by molar-refractivity contribution is 6.99. The van der Waals surface area contributed by atoms with Gasteiger partial charge in [-0.1, -0.05) is 92.8 Å². The molecule has 0 saturated carbocycles. The lowest BCUT2D eigenvalue weighted by Gasteiger charge is -2.26. The van der Waals surface area contributed by atoms with Crippen LogP contribution in [0.5, 0.6) is 0 Å². The van der Waals surface area contributed by atoms with E-state index in [9.17, 15) is 0 Å². The molecule has 5 rings (SSSR count). The predicted octanol–water partition coefficient (Wildman–Crippen LogP) is 5.18. The lowest BCUT2D eigenvalue weighted by Crippen LogP contribution is -2.57. The lowest BCUT2D eigenvalue weighted by molar-refractivity contribution is -0.617. The van der Waals surface area contributed by atoms with Crippen LogP contribution >= 0.6 is 0 Å². The number of aromatic nitrogens is 1.